The van der Waals surface area contributed by atoms with E-state index in [1.165, 1.54) is 12.1 Å². The van der Waals surface area contributed by atoms with Gasteiger partial charge in [0.25, 0.3) is 0 Å². The van der Waals surface area contributed by atoms with Crippen LogP contribution < -0.4 is 4.18 Å². The molecule has 0 aliphatic heterocycles. The van der Waals surface area contributed by atoms with E-state index >= 15 is 0 Å². The van der Waals surface area contributed by atoms with E-state index in [2.05, 4.69) is 4.98 Å². The molecule has 0 unspecified atom stereocenters. The van der Waals surface area contributed by atoms with Gasteiger partial charge in [-0.05, 0) is 36.2 Å². The van der Waals surface area contributed by atoms with E-state index in [4.69, 9.17) is 4.18 Å². The third-order valence-electron chi connectivity index (χ3n) is 4.48. The second kappa shape index (κ2) is 7.89. The summed E-state index contributed by atoms with van der Waals surface area (Å²) >= 11 is 0. The Morgan fingerprint density at radius 3 is 1.90 bits per heavy atom. The number of hydrogen-bond acceptors (Lipinski definition) is 4. The van der Waals surface area contributed by atoms with Crippen molar-refractivity contribution in [2.75, 3.05) is 0 Å². The first kappa shape index (κ1) is 18.9. The maximum Gasteiger partial charge on any atom is 0.340 e. The van der Waals surface area contributed by atoms with E-state index in [0.29, 0.717) is 5.69 Å². The van der Waals surface area contributed by atoms with Gasteiger partial charge in [-0.15, -0.1) is 0 Å². The molecule has 0 saturated heterocycles. The lowest BCUT2D eigenvalue weighted by molar-refractivity contribution is 0.476. The normalized spacial score (nSPS) is 11.2. The van der Waals surface area contributed by atoms with E-state index in [0.717, 1.165) is 22.3 Å². The van der Waals surface area contributed by atoms with Crippen LogP contribution in [-0.4, -0.2) is 13.4 Å². The highest BCUT2D eigenvalue weighted by Gasteiger charge is 2.18. The van der Waals surface area contributed by atoms with Crippen LogP contribution in [0, 0.1) is 6.92 Å². The standard InChI is InChI=1S/C24H19NO3S/c1-18-12-14-22(15-13-18)29(26,27)28-24-17-21(19-8-4-2-5-9-19)16-23(25-24)20-10-6-3-7-11-20/h2-17H,1H3. The number of rotatable bonds is 5. The van der Waals surface area contributed by atoms with Gasteiger partial charge in [-0.1, -0.05) is 78.4 Å². The fourth-order valence-corrected chi connectivity index (χ4v) is 3.84. The Bertz CT molecular complexity index is 1160. The van der Waals surface area contributed by atoms with Crippen LogP contribution in [0.15, 0.2) is 102 Å². The molecule has 1 aromatic heterocycles. The fourth-order valence-electron chi connectivity index (χ4n) is 2.97. The Morgan fingerprint density at radius 2 is 1.28 bits per heavy atom. The molecule has 0 aliphatic carbocycles. The summed E-state index contributed by atoms with van der Waals surface area (Å²) in [6.45, 7) is 1.90. The molecule has 0 N–H and O–H groups in total. The fraction of sp³-hybridized carbons (Fsp3) is 0.0417. The molecule has 4 rings (SSSR count). The SMILES string of the molecule is Cc1ccc(S(=O)(=O)Oc2cc(-c3ccccc3)cc(-c3ccccc3)n2)cc1. The zero-order valence-electron chi connectivity index (χ0n) is 15.8. The molecule has 4 aromatic rings. The average molecular weight is 401 g/mol. The van der Waals surface area contributed by atoms with Gasteiger partial charge in [0.15, 0.2) is 0 Å². The van der Waals surface area contributed by atoms with Gasteiger partial charge in [0.2, 0.25) is 5.88 Å². The molecular formula is C24H19NO3S. The molecule has 144 valence electrons. The van der Waals surface area contributed by atoms with Gasteiger partial charge >= 0.3 is 10.1 Å². The first-order valence-electron chi connectivity index (χ1n) is 9.15. The van der Waals surface area contributed by atoms with E-state index in [1.807, 2.05) is 73.7 Å². The largest absolute Gasteiger partial charge is 0.358 e. The van der Waals surface area contributed by atoms with Gasteiger partial charge in [-0.25, -0.2) is 4.98 Å². The van der Waals surface area contributed by atoms with Crippen LogP contribution in [0.3, 0.4) is 0 Å². The first-order chi connectivity index (χ1) is 14.0. The molecule has 0 saturated carbocycles. The molecule has 29 heavy (non-hydrogen) atoms. The summed E-state index contributed by atoms with van der Waals surface area (Å²) in [4.78, 5) is 4.55. The van der Waals surface area contributed by atoms with Crippen LogP contribution in [0.5, 0.6) is 5.88 Å². The van der Waals surface area contributed by atoms with Gasteiger partial charge in [0, 0.05) is 11.6 Å². The minimum atomic E-state index is -3.99. The van der Waals surface area contributed by atoms with Gasteiger partial charge in [0.1, 0.15) is 4.90 Å². The Morgan fingerprint density at radius 1 is 0.690 bits per heavy atom. The number of aromatic nitrogens is 1. The van der Waals surface area contributed by atoms with Crippen molar-refractivity contribution < 1.29 is 12.6 Å². The monoisotopic (exact) mass is 401 g/mol. The lowest BCUT2D eigenvalue weighted by Gasteiger charge is -2.11. The molecular weight excluding hydrogens is 382 g/mol. The van der Waals surface area contributed by atoms with Crippen LogP contribution in [-0.2, 0) is 10.1 Å². The number of aryl methyl sites for hydroxylation is 1. The van der Waals surface area contributed by atoms with Gasteiger partial charge in [-0.2, -0.15) is 8.42 Å². The third-order valence-corrected chi connectivity index (χ3v) is 5.72. The minimum absolute atomic E-state index is 0.0331. The summed E-state index contributed by atoms with van der Waals surface area (Å²) in [5, 5.41) is 0. The highest BCUT2D eigenvalue weighted by molar-refractivity contribution is 7.87. The molecule has 0 radical (unpaired) electrons. The minimum Gasteiger partial charge on any atom is -0.358 e. The van der Waals surface area contributed by atoms with Gasteiger partial charge in [-0.3, -0.25) is 0 Å². The summed E-state index contributed by atoms with van der Waals surface area (Å²) < 4.78 is 30.9. The molecule has 0 spiro atoms. The molecule has 4 nitrogen and oxygen atoms in total. The van der Waals surface area contributed by atoms with Crippen molar-refractivity contribution in [2.45, 2.75) is 11.8 Å². The topological polar surface area (TPSA) is 56.3 Å². The smallest absolute Gasteiger partial charge is 0.340 e. The zero-order valence-corrected chi connectivity index (χ0v) is 16.6. The Labute approximate surface area is 170 Å². The van der Waals surface area contributed by atoms with Crippen LogP contribution in [0.2, 0.25) is 0 Å². The van der Waals surface area contributed by atoms with Gasteiger partial charge < -0.3 is 4.18 Å². The first-order valence-corrected chi connectivity index (χ1v) is 10.6. The second-order valence-electron chi connectivity index (χ2n) is 6.66. The van der Waals surface area contributed by atoms with Crippen LogP contribution in [0.25, 0.3) is 22.4 Å². The molecule has 0 amide bonds. The molecule has 5 heteroatoms. The second-order valence-corrected chi connectivity index (χ2v) is 8.21. The van der Waals surface area contributed by atoms with Crippen molar-refractivity contribution in [1.82, 2.24) is 4.98 Å². The number of hydrogen-bond donors (Lipinski definition) is 0. The summed E-state index contributed by atoms with van der Waals surface area (Å²) in [5.41, 5.74) is 4.27. The van der Waals surface area contributed by atoms with Gasteiger partial charge in [0.05, 0.1) is 5.69 Å². The third kappa shape index (κ3) is 4.36. The van der Waals surface area contributed by atoms with E-state index in [-0.39, 0.29) is 10.8 Å². The van der Waals surface area contributed by atoms with Crippen molar-refractivity contribution >= 4 is 10.1 Å². The summed E-state index contributed by atoms with van der Waals surface area (Å²) in [5.74, 6) is 0.0331. The molecule has 0 fully saturated rings. The number of nitrogens with zero attached hydrogens (tertiary/aromatic N) is 1. The van der Waals surface area contributed by atoms with Crippen LogP contribution in [0.1, 0.15) is 5.56 Å². The Kier molecular flexibility index (Phi) is 5.14. The molecule has 1 heterocycles. The summed E-state index contributed by atoms with van der Waals surface area (Å²) in [7, 11) is -3.99. The van der Waals surface area contributed by atoms with Crippen molar-refractivity contribution in [3.63, 3.8) is 0 Å². The maximum atomic E-state index is 12.7. The molecule has 0 aliphatic rings. The Hall–Kier alpha value is -3.44. The lowest BCUT2D eigenvalue weighted by Crippen LogP contribution is -2.11. The van der Waals surface area contributed by atoms with Crippen LogP contribution >= 0.6 is 0 Å². The van der Waals surface area contributed by atoms with Crippen molar-refractivity contribution in [1.29, 1.82) is 0 Å². The van der Waals surface area contributed by atoms with Crippen molar-refractivity contribution in [2.24, 2.45) is 0 Å². The van der Waals surface area contributed by atoms with Crippen LogP contribution in [0.4, 0.5) is 0 Å². The van der Waals surface area contributed by atoms with Crippen molar-refractivity contribution in [3.8, 4) is 28.3 Å². The number of pyridine rings is 1. The Balaban J connectivity index is 1.79. The quantitative estimate of drug-likeness (QED) is 0.415. The molecule has 0 atom stereocenters. The zero-order chi connectivity index (χ0) is 20.3. The predicted molar refractivity (Wildman–Crippen MR) is 114 cm³/mol. The van der Waals surface area contributed by atoms with E-state index < -0.39 is 10.1 Å². The maximum absolute atomic E-state index is 12.7. The van der Waals surface area contributed by atoms with E-state index in [1.54, 1.807) is 18.2 Å². The van der Waals surface area contributed by atoms with Crippen molar-refractivity contribution in [3.05, 3.63) is 103 Å². The lowest BCUT2D eigenvalue weighted by atomic mass is 10.0. The highest BCUT2D eigenvalue weighted by Crippen LogP contribution is 2.30. The molecule has 3 aromatic carbocycles. The summed E-state index contributed by atoms with van der Waals surface area (Å²) in [6.07, 6.45) is 0. The summed E-state index contributed by atoms with van der Waals surface area (Å²) in [6, 6.07) is 29.4. The average Bonchev–Trinajstić information content (AvgIpc) is 2.75. The number of benzene rings is 3. The predicted octanol–water partition coefficient (Wildman–Crippen LogP) is 5.49. The van der Waals surface area contributed by atoms with E-state index in [9.17, 15) is 8.42 Å². The highest BCUT2D eigenvalue weighted by atomic mass is 32.2. The molecule has 0 bridgehead atoms.